The highest BCUT2D eigenvalue weighted by molar-refractivity contribution is 6.10. The van der Waals surface area contributed by atoms with Crippen molar-refractivity contribution in [2.24, 2.45) is 11.8 Å². The minimum atomic E-state index is -0.0764. The summed E-state index contributed by atoms with van der Waals surface area (Å²) in [6.07, 6.45) is 5.10. The van der Waals surface area contributed by atoms with Crippen molar-refractivity contribution in [3.05, 3.63) is 0 Å². The molecule has 0 spiro atoms. The first-order chi connectivity index (χ1) is 4.70. The Balaban J connectivity index is 2.26. The lowest BCUT2D eigenvalue weighted by Gasteiger charge is -2.28. The lowest BCUT2D eigenvalue weighted by molar-refractivity contribution is 0.138. The van der Waals surface area contributed by atoms with Gasteiger partial charge in [0.05, 0.1) is 0 Å². The maximum absolute atomic E-state index is 9.26. The second-order valence-electron chi connectivity index (χ2n) is 3.76. The van der Waals surface area contributed by atoms with E-state index in [0.29, 0.717) is 5.92 Å². The van der Waals surface area contributed by atoms with Crippen molar-refractivity contribution in [2.45, 2.75) is 38.6 Å². The molecule has 1 nitrogen and oxygen atoms in total. The fraction of sp³-hybridized carbons (Fsp3) is 1.00. The van der Waals surface area contributed by atoms with Gasteiger partial charge in [0, 0.05) is 6.00 Å². The third-order valence-electron chi connectivity index (χ3n) is 2.74. The number of aliphatic hydroxyl groups is 1. The predicted molar refractivity (Wildman–Crippen MR) is 45.7 cm³/mol. The van der Waals surface area contributed by atoms with E-state index in [4.69, 9.17) is 0 Å². The molecule has 2 heteroatoms. The van der Waals surface area contributed by atoms with Crippen LogP contribution in [-0.4, -0.2) is 19.0 Å². The van der Waals surface area contributed by atoms with E-state index in [0.717, 1.165) is 5.92 Å². The van der Waals surface area contributed by atoms with Gasteiger partial charge in [0.2, 0.25) is 0 Å². The van der Waals surface area contributed by atoms with Gasteiger partial charge in [0.15, 0.2) is 0 Å². The van der Waals surface area contributed by atoms with Crippen molar-refractivity contribution in [1.82, 2.24) is 0 Å². The second kappa shape index (κ2) is 3.43. The van der Waals surface area contributed by atoms with E-state index in [9.17, 15) is 5.11 Å². The van der Waals surface area contributed by atoms with Crippen LogP contribution in [0.2, 0.25) is 0 Å². The third kappa shape index (κ3) is 2.01. The van der Waals surface area contributed by atoms with Crippen LogP contribution in [0.25, 0.3) is 0 Å². The molecule has 0 aliphatic heterocycles. The van der Waals surface area contributed by atoms with E-state index >= 15 is 0 Å². The molecule has 0 aromatic rings. The van der Waals surface area contributed by atoms with Crippen LogP contribution >= 0.6 is 0 Å². The molecule has 58 valence electrons. The second-order valence-corrected chi connectivity index (χ2v) is 3.76. The van der Waals surface area contributed by atoms with Crippen LogP contribution in [0.15, 0.2) is 0 Å². The monoisotopic (exact) mass is 140 g/mol. The number of aliphatic hydroxyl groups excluding tert-OH is 1. The van der Waals surface area contributed by atoms with E-state index in [1.807, 2.05) is 7.85 Å². The molecule has 0 bridgehead atoms. The van der Waals surface area contributed by atoms with Crippen LogP contribution in [0.1, 0.15) is 32.6 Å². The fourth-order valence-corrected chi connectivity index (χ4v) is 1.77. The van der Waals surface area contributed by atoms with E-state index in [2.05, 4.69) is 6.92 Å². The molecule has 1 aliphatic carbocycles. The summed E-state index contributed by atoms with van der Waals surface area (Å²) < 4.78 is 0. The number of rotatable bonds is 1. The smallest absolute Gasteiger partial charge is 0.139 e. The van der Waals surface area contributed by atoms with Crippen LogP contribution in [0.5, 0.6) is 0 Å². The molecule has 0 aromatic carbocycles. The van der Waals surface area contributed by atoms with Crippen molar-refractivity contribution in [3.63, 3.8) is 0 Å². The topological polar surface area (TPSA) is 20.2 Å². The molecule has 1 fully saturated rings. The maximum atomic E-state index is 9.26. The average molecular weight is 140 g/mol. The Morgan fingerprint density at radius 1 is 1.30 bits per heavy atom. The summed E-state index contributed by atoms with van der Waals surface area (Å²) in [6.45, 7) is 2.30. The van der Waals surface area contributed by atoms with Gasteiger partial charge in [0.1, 0.15) is 7.85 Å². The van der Waals surface area contributed by atoms with Crippen molar-refractivity contribution >= 4 is 7.85 Å². The minimum Gasteiger partial charge on any atom is -0.402 e. The van der Waals surface area contributed by atoms with E-state index in [1.54, 1.807) is 0 Å². The van der Waals surface area contributed by atoms with Crippen molar-refractivity contribution < 1.29 is 5.11 Å². The van der Waals surface area contributed by atoms with Crippen LogP contribution in [0.3, 0.4) is 0 Å². The molecular formula is C8H17BO. The zero-order valence-corrected chi connectivity index (χ0v) is 7.01. The van der Waals surface area contributed by atoms with Gasteiger partial charge in [-0.05, 0) is 24.7 Å². The summed E-state index contributed by atoms with van der Waals surface area (Å²) in [5.41, 5.74) is 0. The average Bonchev–Trinajstić information content (AvgIpc) is 1.88. The van der Waals surface area contributed by atoms with Gasteiger partial charge < -0.3 is 5.11 Å². The molecule has 1 atom stereocenters. The normalized spacial score (nSPS) is 37.4. The molecule has 1 saturated carbocycles. The molecule has 0 aromatic heterocycles. The highest BCUT2D eigenvalue weighted by atomic mass is 16.3. The Kier molecular flexibility index (Phi) is 2.78. The SMILES string of the molecule is BC(O)C1CCC(C)CC1. The van der Waals surface area contributed by atoms with E-state index in [1.165, 1.54) is 25.7 Å². The van der Waals surface area contributed by atoms with Crippen molar-refractivity contribution in [3.8, 4) is 0 Å². The van der Waals surface area contributed by atoms with Gasteiger partial charge in [-0.1, -0.05) is 19.8 Å². The summed E-state index contributed by atoms with van der Waals surface area (Å²) in [7, 11) is 1.92. The summed E-state index contributed by atoms with van der Waals surface area (Å²) in [4.78, 5) is 0. The first kappa shape index (κ1) is 8.12. The van der Waals surface area contributed by atoms with Gasteiger partial charge in [0.25, 0.3) is 0 Å². The first-order valence-electron chi connectivity index (χ1n) is 4.38. The maximum Gasteiger partial charge on any atom is 0.139 e. The Hall–Kier alpha value is 0.0249. The summed E-state index contributed by atoms with van der Waals surface area (Å²) in [5.74, 6) is 1.49. The van der Waals surface area contributed by atoms with Crippen molar-refractivity contribution in [1.29, 1.82) is 0 Å². The minimum absolute atomic E-state index is 0.0764. The van der Waals surface area contributed by atoms with Crippen LogP contribution < -0.4 is 0 Å². The molecule has 0 saturated heterocycles. The lowest BCUT2D eigenvalue weighted by atomic mass is 9.74. The Morgan fingerprint density at radius 2 is 1.80 bits per heavy atom. The molecular weight excluding hydrogens is 123 g/mol. The van der Waals surface area contributed by atoms with Crippen molar-refractivity contribution in [2.75, 3.05) is 0 Å². The molecule has 1 aliphatic rings. The first-order valence-corrected chi connectivity index (χ1v) is 4.38. The van der Waals surface area contributed by atoms with Crippen LogP contribution in [-0.2, 0) is 0 Å². The highest BCUT2D eigenvalue weighted by Gasteiger charge is 2.21. The molecule has 1 unspecified atom stereocenters. The highest BCUT2D eigenvalue weighted by Crippen LogP contribution is 2.29. The van der Waals surface area contributed by atoms with Gasteiger partial charge in [-0.3, -0.25) is 0 Å². The number of hydrogen-bond acceptors (Lipinski definition) is 1. The Labute approximate surface area is 64.2 Å². The predicted octanol–water partition coefficient (Wildman–Crippen LogP) is 0.764. The van der Waals surface area contributed by atoms with Gasteiger partial charge >= 0.3 is 0 Å². The molecule has 0 heterocycles. The largest absolute Gasteiger partial charge is 0.402 e. The summed E-state index contributed by atoms with van der Waals surface area (Å²) >= 11 is 0. The van der Waals surface area contributed by atoms with E-state index in [-0.39, 0.29) is 6.00 Å². The molecule has 1 N–H and O–H groups in total. The van der Waals surface area contributed by atoms with Crippen LogP contribution in [0.4, 0.5) is 0 Å². The Bertz CT molecular complexity index is 95.4. The molecule has 1 rings (SSSR count). The number of hydrogen-bond donors (Lipinski definition) is 1. The zero-order valence-electron chi connectivity index (χ0n) is 7.01. The van der Waals surface area contributed by atoms with Gasteiger partial charge in [-0.2, -0.15) is 0 Å². The fourth-order valence-electron chi connectivity index (χ4n) is 1.77. The third-order valence-corrected chi connectivity index (χ3v) is 2.74. The quantitative estimate of drug-likeness (QED) is 0.533. The summed E-state index contributed by atoms with van der Waals surface area (Å²) in [5, 5.41) is 9.26. The van der Waals surface area contributed by atoms with Crippen LogP contribution in [0, 0.1) is 11.8 Å². The summed E-state index contributed by atoms with van der Waals surface area (Å²) in [6, 6.07) is -0.0764. The zero-order chi connectivity index (χ0) is 7.56. The van der Waals surface area contributed by atoms with Gasteiger partial charge in [-0.15, -0.1) is 0 Å². The standard InChI is InChI=1S/C8H17BO/c1-6-2-4-7(5-3-6)8(9)10/h6-8,10H,2-5,9H2,1H3. The lowest BCUT2D eigenvalue weighted by Crippen LogP contribution is -2.24. The molecule has 0 radical (unpaired) electrons. The van der Waals surface area contributed by atoms with Gasteiger partial charge in [-0.25, -0.2) is 0 Å². The molecule has 10 heavy (non-hydrogen) atoms. The van der Waals surface area contributed by atoms with E-state index < -0.39 is 0 Å². The Morgan fingerprint density at radius 3 is 2.20 bits per heavy atom. The molecule has 0 amide bonds.